The molecule has 0 saturated heterocycles. The van der Waals surface area contributed by atoms with E-state index in [1.807, 2.05) is 6.92 Å². The van der Waals surface area contributed by atoms with Gasteiger partial charge in [0.15, 0.2) is 0 Å². The quantitative estimate of drug-likeness (QED) is 0.886. The molecule has 1 amide bonds. The van der Waals surface area contributed by atoms with Crippen LogP contribution in [0.25, 0.3) is 0 Å². The Hall–Kier alpha value is -0.930. The fourth-order valence-electron chi connectivity index (χ4n) is 1.19. The van der Waals surface area contributed by atoms with E-state index in [4.69, 9.17) is 33.7 Å². The molecular weight excluding hydrogens is 249 g/mol. The fraction of sp³-hybridized carbons (Fsp3) is 0.364. The molecule has 2 N–H and O–H groups in total. The van der Waals surface area contributed by atoms with Crippen molar-refractivity contribution in [2.24, 2.45) is 5.73 Å². The molecule has 88 valence electrons. The Morgan fingerprint density at radius 3 is 2.75 bits per heavy atom. The third-order valence-electron chi connectivity index (χ3n) is 2.02. The van der Waals surface area contributed by atoms with Crippen LogP contribution in [0.4, 0.5) is 0 Å². The summed E-state index contributed by atoms with van der Waals surface area (Å²) in [5.41, 5.74) is 5.05. The summed E-state index contributed by atoms with van der Waals surface area (Å²) in [5, 5.41) is 1.01. The first-order valence-electron chi connectivity index (χ1n) is 4.89. The van der Waals surface area contributed by atoms with Crippen molar-refractivity contribution in [2.75, 3.05) is 0 Å². The van der Waals surface area contributed by atoms with E-state index in [2.05, 4.69) is 0 Å². The van der Waals surface area contributed by atoms with Crippen LogP contribution in [-0.4, -0.2) is 12.0 Å². The fourth-order valence-corrected chi connectivity index (χ4v) is 1.65. The van der Waals surface area contributed by atoms with Gasteiger partial charge in [-0.15, -0.1) is 0 Å². The van der Waals surface area contributed by atoms with E-state index in [0.717, 1.165) is 0 Å². The summed E-state index contributed by atoms with van der Waals surface area (Å²) in [6, 6.07) is 5.01. The minimum Gasteiger partial charge on any atom is -0.489 e. The largest absolute Gasteiger partial charge is 0.489 e. The van der Waals surface area contributed by atoms with Crippen molar-refractivity contribution in [1.29, 1.82) is 0 Å². The molecule has 1 unspecified atom stereocenters. The first kappa shape index (κ1) is 13.1. The highest BCUT2D eigenvalue weighted by Crippen LogP contribution is 2.28. The number of hydrogen-bond donors (Lipinski definition) is 1. The number of benzene rings is 1. The van der Waals surface area contributed by atoms with Crippen LogP contribution in [0.3, 0.4) is 0 Å². The minimum absolute atomic E-state index is 0.119. The van der Waals surface area contributed by atoms with Crippen molar-refractivity contribution < 1.29 is 9.53 Å². The van der Waals surface area contributed by atoms with Gasteiger partial charge in [-0.05, 0) is 31.5 Å². The summed E-state index contributed by atoms with van der Waals surface area (Å²) in [7, 11) is 0. The highest BCUT2D eigenvalue weighted by molar-refractivity contribution is 6.35. The summed E-state index contributed by atoms with van der Waals surface area (Å²) < 4.78 is 5.55. The summed E-state index contributed by atoms with van der Waals surface area (Å²) in [4.78, 5) is 10.6. The average molecular weight is 262 g/mol. The van der Waals surface area contributed by atoms with Gasteiger partial charge >= 0.3 is 0 Å². The molecule has 0 aromatic heterocycles. The molecule has 5 heteroatoms. The van der Waals surface area contributed by atoms with Gasteiger partial charge in [0, 0.05) is 11.4 Å². The van der Waals surface area contributed by atoms with Crippen molar-refractivity contribution >= 4 is 29.1 Å². The first-order valence-corrected chi connectivity index (χ1v) is 5.64. The van der Waals surface area contributed by atoms with Crippen molar-refractivity contribution in [3.8, 4) is 5.75 Å². The minimum atomic E-state index is -0.336. The van der Waals surface area contributed by atoms with Crippen LogP contribution >= 0.6 is 23.2 Å². The SMILES string of the molecule is CC(CCC(N)=O)Oc1ccc(Cl)cc1Cl. The first-order chi connectivity index (χ1) is 7.49. The predicted octanol–water partition coefficient (Wildman–Crippen LogP) is 3.03. The number of carbonyl (C=O) groups excluding carboxylic acids is 1. The lowest BCUT2D eigenvalue weighted by molar-refractivity contribution is -0.118. The number of ether oxygens (including phenoxy) is 1. The van der Waals surface area contributed by atoms with E-state index in [1.165, 1.54) is 0 Å². The van der Waals surface area contributed by atoms with Gasteiger partial charge in [-0.3, -0.25) is 4.79 Å². The zero-order chi connectivity index (χ0) is 12.1. The smallest absolute Gasteiger partial charge is 0.217 e. The second kappa shape index (κ2) is 5.97. The summed E-state index contributed by atoms with van der Waals surface area (Å²) in [6.07, 6.45) is 0.742. The number of halogens is 2. The van der Waals surface area contributed by atoms with Gasteiger partial charge in [0.25, 0.3) is 0 Å². The second-order valence-electron chi connectivity index (χ2n) is 3.51. The Balaban J connectivity index is 2.55. The number of primary amides is 1. The Morgan fingerprint density at radius 2 is 2.19 bits per heavy atom. The monoisotopic (exact) mass is 261 g/mol. The number of nitrogens with two attached hydrogens (primary N) is 1. The van der Waals surface area contributed by atoms with Crippen LogP contribution in [0.2, 0.25) is 10.0 Å². The van der Waals surface area contributed by atoms with E-state index < -0.39 is 0 Å². The van der Waals surface area contributed by atoms with Crippen LogP contribution in [0, 0.1) is 0 Å². The topological polar surface area (TPSA) is 52.3 Å². The van der Waals surface area contributed by atoms with Crippen molar-refractivity contribution in [2.45, 2.75) is 25.9 Å². The molecule has 1 aromatic rings. The van der Waals surface area contributed by atoms with Gasteiger partial charge in [-0.2, -0.15) is 0 Å². The van der Waals surface area contributed by atoms with Crippen molar-refractivity contribution in [3.63, 3.8) is 0 Å². The van der Waals surface area contributed by atoms with Gasteiger partial charge < -0.3 is 10.5 Å². The Kier molecular flexibility index (Phi) is 4.90. The van der Waals surface area contributed by atoms with Crippen molar-refractivity contribution in [1.82, 2.24) is 0 Å². The molecule has 1 aromatic carbocycles. The van der Waals surface area contributed by atoms with Crippen molar-refractivity contribution in [3.05, 3.63) is 28.2 Å². The number of hydrogen-bond acceptors (Lipinski definition) is 2. The van der Waals surface area contributed by atoms with Gasteiger partial charge in [-0.25, -0.2) is 0 Å². The van der Waals surface area contributed by atoms with E-state index in [0.29, 0.717) is 28.6 Å². The third-order valence-corrected chi connectivity index (χ3v) is 2.55. The molecular formula is C11H13Cl2NO2. The van der Waals surface area contributed by atoms with Gasteiger partial charge in [0.2, 0.25) is 5.91 Å². The van der Waals surface area contributed by atoms with Crippen LogP contribution in [0.1, 0.15) is 19.8 Å². The molecule has 0 aliphatic heterocycles. The number of carbonyl (C=O) groups is 1. The lowest BCUT2D eigenvalue weighted by Gasteiger charge is -2.15. The van der Waals surface area contributed by atoms with E-state index >= 15 is 0 Å². The van der Waals surface area contributed by atoms with E-state index in [1.54, 1.807) is 18.2 Å². The molecule has 0 bridgehead atoms. The van der Waals surface area contributed by atoms with Gasteiger partial charge in [0.1, 0.15) is 5.75 Å². The molecule has 0 heterocycles. The number of amides is 1. The molecule has 0 aliphatic carbocycles. The predicted molar refractivity (Wildman–Crippen MR) is 65.0 cm³/mol. The van der Waals surface area contributed by atoms with Crippen LogP contribution in [0.15, 0.2) is 18.2 Å². The highest BCUT2D eigenvalue weighted by atomic mass is 35.5. The zero-order valence-corrected chi connectivity index (χ0v) is 10.4. The van der Waals surface area contributed by atoms with Gasteiger partial charge in [-0.1, -0.05) is 23.2 Å². The van der Waals surface area contributed by atoms with Crippen LogP contribution in [-0.2, 0) is 4.79 Å². The molecule has 0 saturated carbocycles. The highest BCUT2D eigenvalue weighted by Gasteiger charge is 2.09. The Labute approximate surface area is 104 Å². The molecule has 0 aliphatic rings. The molecule has 16 heavy (non-hydrogen) atoms. The normalized spacial score (nSPS) is 12.2. The Morgan fingerprint density at radius 1 is 1.50 bits per heavy atom. The molecule has 0 spiro atoms. The maximum Gasteiger partial charge on any atom is 0.217 e. The van der Waals surface area contributed by atoms with E-state index in [9.17, 15) is 4.79 Å². The summed E-state index contributed by atoms with van der Waals surface area (Å²) in [5.74, 6) is 0.223. The third kappa shape index (κ3) is 4.29. The molecule has 1 atom stereocenters. The van der Waals surface area contributed by atoms with Crippen LogP contribution < -0.4 is 10.5 Å². The van der Waals surface area contributed by atoms with Gasteiger partial charge in [0.05, 0.1) is 11.1 Å². The standard InChI is InChI=1S/C11H13Cl2NO2/c1-7(2-5-11(14)15)16-10-4-3-8(12)6-9(10)13/h3-4,6-7H,2,5H2,1H3,(H2,14,15). The number of rotatable bonds is 5. The summed E-state index contributed by atoms with van der Waals surface area (Å²) >= 11 is 11.7. The summed E-state index contributed by atoms with van der Waals surface area (Å²) in [6.45, 7) is 1.86. The second-order valence-corrected chi connectivity index (χ2v) is 4.35. The maximum absolute atomic E-state index is 10.6. The van der Waals surface area contributed by atoms with E-state index in [-0.39, 0.29) is 12.0 Å². The maximum atomic E-state index is 10.6. The molecule has 0 radical (unpaired) electrons. The molecule has 3 nitrogen and oxygen atoms in total. The lowest BCUT2D eigenvalue weighted by Crippen LogP contribution is -2.17. The molecule has 1 rings (SSSR count). The Bertz CT molecular complexity index is 382. The molecule has 0 fully saturated rings. The average Bonchev–Trinajstić information content (AvgIpc) is 2.19. The zero-order valence-electron chi connectivity index (χ0n) is 8.87. The van der Waals surface area contributed by atoms with Crippen LogP contribution in [0.5, 0.6) is 5.75 Å². The lowest BCUT2D eigenvalue weighted by atomic mass is 10.2.